The van der Waals surface area contributed by atoms with E-state index in [-0.39, 0.29) is 17.5 Å². The van der Waals surface area contributed by atoms with Gasteiger partial charge >= 0.3 is 0 Å². The summed E-state index contributed by atoms with van der Waals surface area (Å²) in [5.41, 5.74) is 1.44. The topological polar surface area (TPSA) is 45.5 Å². The van der Waals surface area contributed by atoms with Crippen LogP contribution in [0.4, 0.5) is 8.78 Å². The van der Waals surface area contributed by atoms with Gasteiger partial charge in [0.05, 0.1) is 6.20 Å². The maximum Gasteiger partial charge on any atom is 0.194 e. The van der Waals surface area contributed by atoms with Gasteiger partial charge in [-0.1, -0.05) is 6.07 Å². The van der Waals surface area contributed by atoms with Crippen molar-refractivity contribution in [3.63, 3.8) is 0 Å². The van der Waals surface area contributed by atoms with Crippen molar-refractivity contribution in [2.75, 3.05) is 19.6 Å². The Kier molecular flexibility index (Phi) is 4.85. The number of hydrogen-bond acceptors (Lipinski definition) is 2. The van der Waals surface area contributed by atoms with Crippen LogP contribution >= 0.6 is 0 Å². The molecule has 2 aromatic rings. The molecule has 2 heterocycles. The van der Waals surface area contributed by atoms with Crippen LogP contribution in [0.5, 0.6) is 0 Å². The number of rotatable bonds is 4. The van der Waals surface area contributed by atoms with Crippen molar-refractivity contribution in [1.82, 2.24) is 20.0 Å². The summed E-state index contributed by atoms with van der Waals surface area (Å²) in [5, 5.41) is 7.70. The summed E-state index contributed by atoms with van der Waals surface area (Å²) in [6.07, 6.45) is 5.76. The predicted octanol–water partition coefficient (Wildman–Crippen LogP) is 3.01. The number of nitrogens with one attached hydrogen (secondary N) is 1. The lowest BCUT2D eigenvalue weighted by Crippen LogP contribution is -2.41. The van der Waals surface area contributed by atoms with E-state index in [1.54, 1.807) is 0 Å². The molecule has 1 aliphatic carbocycles. The lowest BCUT2D eigenvalue weighted by molar-refractivity contribution is 0.482. The van der Waals surface area contributed by atoms with Gasteiger partial charge in [0.2, 0.25) is 0 Å². The summed E-state index contributed by atoms with van der Waals surface area (Å²) in [6, 6.07) is 4.09. The first-order chi connectivity index (χ1) is 13.1. The van der Waals surface area contributed by atoms with Crippen LogP contribution in [0.25, 0.3) is 0 Å². The van der Waals surface area contributed by atoms with E-state index in [1.165, 1.54) is 23.8 Å². The highest BCUT2D eigenvalue weighted by molar-refractivity contribution is 5.81. The Labute approximate surface area is 158 Å². The molecule has 2 aliphatic rings. The van der Waals surface area contributed by atoms with Gasteiger partial charge in [0, 0.05) is 56.3 Å². The van der Waals surface area contributed by atoms with E-state index in [2.05, 4.69) is 26.5 Å². The van der Waals surface area contributed by atoms with Crippen molar-refractivity contribution in [2.24, 2.45) is 12.0 Å². The molecule has 2 fully saturated rings. The minimum atomic E-state index is -0.462. The minimum Gasteiger partial charge on any atom is -0.353 e. The maximum atomic E-state index is 14.0. The van der Waals surface area contributed by atoms with Crippen LogP contribution in [0.15, 0.2) is 35.6 Å². The molecular weight excluding hydrogens is 348 g/mol. The number of nitrogens with zero attached hydrogens (tertiary/aromatic N) is 4. The quantitative estimate of drug-likeness (QED) is 0.662. The zero-order valence-electron chi connectivity index (χ0n) is 15.7. The van der Waals surface area contributed by atoms with E-state index >= 15 is 0 Å². The Bertz CT molecular complexity index is 826. The van der Waals surface area contributed by atoms with Gasteiger partial charge in [-0.15, -0.1) is 0 Å². The molecule has 5 nitrogen and oxygen atoms in total. The lowest BCUT2D eigenvalue weighted by Gasteiger charge is -2.22. The third-order valence-electron chi connectivity index (χ3n) is 5.47. The molecule has 1 N–H and O–H groups in total. The Morgan fingerprint density at radius 1 is 1.33 bits per heavy atom. The molecular formula is C20H25F2N5. The van der Waals surface area contributed by atoms with Crippen molar-refractivity contribution < 1.29 is 8.78 Å². The number of benzene rings is 1. The first-order valence-electron chi connectivity index (χ1n) is 9.55. The Hall–Kier alpha value is -2.44. The number of guanidine groups is 1. The molecule has 3 unspecified atom stereocenters. The van der Waals surface area contributed by atoms with E-state index in [0.717, 1.165) is 31.9 Å². The summed E-state index contributed by atoms with van der Waals surface area (Å²) < 4.78 is 29.9. The number of hydrogen-bond donors (Lipinski definition) is 1. The van der Waals surface area contributed by atoms with Crippen molar-refractivity contribution >= 4 is 5.96 Å². The predicted molar refractivity (Wildman–Crippen MR) is 101 cm³/mol. The van der Waals surface area contributed by atoms with Crippen LogP contribution in [-0.2, 0) is 7.05 Å². The van der Waals surface area contributed by atoms with Gasteiger partial charge in [0.1, 0.15) is 11.6 Å². The standard InChI is InChI=1S/C20H25F2N5/c1-3-23-20(27-8-7-13(12-27)14-10-24-26(2)11-14)25-18-9-15(18)19-16(21)5-4-6-17(19)22/h4-6,10-11,13,15,18H,3,7-9,12H2,1-2H3,(H,23,25). The molecule has 1 saturated carbocycles. The number of likely N-dealkylation sites (tertiary alicyclic amines) is 1. The lowest BCUT2D eigenvalue weighted by atomic mass is 10.0. The third kappa shape index (κ3) is 3.68. The van der Waals surface area contributed by atoms with Crippen molar-refractivity contribution in [2.45, 2.75) is 37.6 Å². The molecule has 3 atom stereocenters. The summed E-state index contributed by atoms with van der Waals surface area (Å²) in [4.78, 5) is 6.86. The van der Waals surface area contributed by atoms with E-state index in [9.17, 15) is 8.78 Å². The summed E-state index contributed by atoms with van der Waals surface area (Å²) in [5.74, 6) is 0.215. The molecule has 0 bridgehead atoms. The molecule has 1 aromatic carbocycles. The Morgan fingerprint density at radius 3 is 2.78 bits per heavy atom. The number of aryl methyl sites for hydroxylation is 1. The zero-order chi connectivity index (χ0) is 19.0. The van der Waals surface area contributed by atoms with Crippen LogP contribution in [-0.4, -0.2) is 46.3 Å². The highest BCUT2D eigenvalue weighted by Crippen LogP contribution is 2.43. The minimum absolute atomic E-state index is 0.0270. The molecule has 7 heteroatoms. The van der Waals surface area contributed by atoms with Gasteiger partial charge in [0.15, 0.2) is 5.96 Å². The average Bonchev–Trinajstić information content (AvgIpc) is 3.03. The van der Waals surface area contributed by atoms with E-state index in [1.807, 2.05) is 24.9 Å². The van der Waals surface area contributed by atoms with Gasteiger partial charge < -0.3 is 10.2 Å². The summed E-state index contributed by atoms with van der Waals surface area (Å²) >= 11 is 0. The van der Waals surface area contributed by atoms with Crippen LogP contribution in [0.2, 0.25) is 0 Å². The fraction of sp³-hybridized carbons (Fsp3) is 0.500. The van der Waals surface area contributed by atoms with Crippen LogP contribution in [0, 0.1) is 11.6 Å². The fourth-order valence-electron chi connectivity index (χ4n) is 3.97. The van der Waals surface area contributed by atoms with E-state index in [0.29, 0.717) is 12.5 Å². The second-order valence-electron chi connectivity index (χ2n) is 7.41. The molecule has 0 radical (unpaired) electrons. The number of aliphatic imine (C=N–C) groups is 1. The first-order valence-corrected chi connectivity index (χ1v) is 9.55. The zero-order valence-corrected chi connectivity index (χ0v) is 15.7. The first kappa shape index (κ1) is 17.9. The van der Waals surface area contributed by atoms with Gasteiger partial charge in [-0.05, 0) is 37.5 Å². The normalized spacial score (nSPS) is 25.1. The monoisotopic (exact) mass is 373 g/mol. The molecule has 0 spiro atoms. The largest absolute Gasteiger partial charge is 0.353 e. The maximum absolute atomic E-state index is 14.0. The molecule has 0 amide bonds. The van der Waals surface area contributed by atoms with Gasteiger partial charge in [0.25, 0.3) is 0 Å². The van der Waals surface area contributed by atoms with Crippen LogP contribution in [0.3, 0.4) is 0 Å². The SMILES string of the molecule is CCN=C(NC1CC1c1c(F)cccc1F)N1CCC(c2cnn(C)c2)C1. The van der Waals surface area contributed by atoms with Crippen LogP contribution < -0.4 is 5.32 Å². The summed E-state index contributed by atoms with van der Waals surface area (Å²) in [6.45, 7) is 4.46. The summed E-state index contributed by atoms with van der Waals surface area (Å²) in [7, 11) is 1.93. The molecule has 27 heavy (non-hydrogen) atoms. The molecule has 1 saturated heterocycles. The van der Waals surface area contributed by atoms with Crippen molar-refractivity contribution in [3.8, 4) is 0 Å². The highest BCUT2D eigenvalue weighted by Gasteiger charge is 2.43. The molecule has 1 aliphatic heterocycles. The Morgan fingerprint density at radius 2 is 2.11 bits per heavy atom. The average molecular weight is 373 g/mol. The Balaban J connectivity index is 1.42. The fourth-order valence-corrected chi connectivity index (χ4v) is 3.97. The smallest absolute Gasteiger partial charge is 0.194 e. The van der Waals surface area contributed by atoms with E-state index in [4.69, 9.17) is 0 Å². The number of halogens is 2. The van der Waals surface area contributed by atoms with E-state index < -0.39 is 11.6 Å². The van der Waals surface area contributed by atoms with Crippen LogP contribution in [0.1, 0.15) is 42.7 Å². The van der Waals surface area contributed by atoms with Crippen molar-refractivity contribution in [1.29, 1.82) is 0 Å². The number of aromatic nitrogens is 2. The third-order valence-corrected chi connectivity index (χ3v) is 5.47. The van der Waals surface area contributed by atoms with Gasteiger partial charge in [-0.25, -0.2) is 8.78 Å². The molecule has 1 aromatic heterocycles. The molecule has 4 rings (SSSR count). The highest BCUT2D eigenvalue weighted by atomic mass is 19.1. The van der Waals surface area contributed by atoms with Crippen molar-refractivity contribution in [3.05, 3.63) is 53.4 Å². The van der Waals surface area contributed by atoms with Gasteiger partial charge in [-0.3, -0.25) is 9.67 Å². The second-order valence-corrected chi connectivity index (χ2v) is 7.41. The van der Waals surface area contributed by atoms with Gasteiger partial charge in [-0.2, -0.15) is 5.10 Å². The molecule has 144 valence electrons. The second kappa shape index (κ2) is 7.29.